The molecule has 0 bridgehead atoms. The van der Waals surface area contributed by atoms with Crippen LogP contribution in [0.15, 0.2) is 24.4 Å². The minimum Gasteiger partial charge on any atom is -0.396 e. The van der Waals surface area contributed by atoms with Crippen molar-refractivity contribution in [1.29, 1.82) is 0 Å². The summed E-state index contributed by atoms with van der Waals surface area (Å²) in [4.78, 5) is 11.9. The van der Waals surface area contributed by atoms with E-state index in [2.05, 4.69) is 28.8 Å². The topological polar surface area (TPSA) is 122 Å². The summed E-state index contributed by atoms with van der Waals surface area (Å²) in [6, 6.07) is 5.49. The summed E-state index contributed by atoms with van der Waals surface area (Å²) in [5.74, 6) is 11.1. The number of hydroxylamine groups is 1. The standard InChI is InChI=1S/C22H25N3O5S/c1-21(13-18(21)15-26)9-5-4-6-16-7-8-19-17(12-16)14-25(23-19)11-10-22(2,20(27)24-28)31(3,29)30/h7-8,12,14,18,26,28H,10-11,13,15H2,1-3H3,(H,24,27)/t18-,21?,22+/m0/s1. The van der Waals surface area contributed by atoms with Gasteiger partial charge in [-0.1, -0.05) is 11.8 Å². The second kappa shape index (κ2) is 8.35. The molecule has 1 unspecified atom stereocenters. The molecule has 3 N–H and O–H groups in total. The van der Waals surface area contributed by atoms with Crippen LogP contribution in [0.1, 0.15) is 32.3 Å². The van der Waals surface area contributed by atoms with Crippen molar-refractivity contribution in [2.24, 2.45) is 11.3 Å². The maximum absolute atomic E-state index is 12.1. The average Bonchev–Trinajstić information content (AvgIpc) is 3.20. The highest BCUT2D eigenvalue weighted by atomic mass is 32.2. The van der Waals surface area contributed by atoms with Gasteiger partial charge in [-0.15, -0.1) is 0 Å². The van der Waals surface area contributed by atoms with E-state index in [1.807, 2.05) is 25.1 Å². The third kappa shape index (κ3) is 4.75. The summed E-state index contributed by atoms with van der Waals surface area (Å²) < 4.78 is 23.9. The number of sulfone groups is 1. The van der Waals surface area contributed by atoms with Gasteiger partial charge in [0.05, 0.1) is 5.52 Å². The SMILES string of the molecule is CC1(C#CC#Cc2ccc3nn(CC[C@](C)(C(=O)NO)S(C)(=O)=O)cc3c2)C[C@H]1CO. The van der Waals surface area contributed by atoms with E-state index in [0.717, 1.165) is 23.6 Å². The molecule has 1 fully saturated rings. The van der Waals surface area contributed by atoms with E-state index in [1.165, 1.54) is 12.4 Å². The molecule has 164 valence electrons. The summed E-state index contributed by atoms with van der Waals surface area (Å²) >= 11 is 0. The van der Waals surface area contributed by atoms with Gasteiger partial charge in [0.15, 0.2) is 14.6 Å². The van der Waals surface area contributed by atoms with E-state index in [-0.39, 0.29) is 30.9 Å². The lowest BCUT2D eigenvalue weighted by atomic mass is 10.1. The van der Waals surface area contributed by atoms with Gasteiger partial charge >= 0.3 is 0 Å². The molecule has 2 aromatic rings. The van der Waals surface area contributed by atoms with Gasteiger partial charge in [0.1, 0.15) is 0 Å². The monoisotopic (exact) mass is 443 g/mol. The van der Waals surface area contributed by atoms with E-state index in [1.54, 1.807) is 10.9 Å². The number of amides is 1. The second-order valence-electron chi connectivity index (χ2n) is 8.36. The van der Waals surface area contributed by atoms with Crippen LogP contribution in [0.2, 0.25) is 0 Å². The van der Waals surface area contributed by atoms with Crippen LogP contribution in [0.3, 0.4) is 0 Å². The number of aryl methyl sites for hydroxylation is 1. The number of nitrogens with one attached hydrogen (secondary N) is 1. The van der Waals surface area contributed by atoms with Gasteiger partial charge in [0.2, 0.25) is 0 Å². The van der Waals surface area contributed by atoms with Gasteiger partial charge in [-0.05, 0) is 62.6 Å². The Morgan fingerprint density at radius 1 is 1.42 bits per heavy atom. The Hall–Kier alpha value is -2.85. The van der Waals surface area contributed by atoms with Crippen molar-refractivity contribution in [2.75, 3.05) is 12.9 Å². The van der Waals surface area contributed by atoms with E-state index in [4.69, 9.17) is 10.3 Å². The molecule has 1 heterocycles. The number of carbonyl (C=O) groups excluding carboxylic acids is 1. The molecule has 1 aromatic heterocycles. The third-order valence-electron chi connectivity index (χ3n) is 6.02. The summed E-state index contributed by atoms with van der Waals surface area (Å²) in [6.07, 6.45) is 3.55. The minimum absolute atomic E-state index is 0.0535. The lowest BCUT2D eigenvalue weighted by Gasteiger charge is -2.24. The van der Waals surface area contributed by atoms with Crippen LogP contribution < -0.4 is 5.48 Å². The van der Waals surface area contributed by atoms with Crippen molar-refractivity contribution in [1.82, 2.24) is 15.3 Å². The highest BCUT2D eigenvalue weighted by Gasteiger charge is 2.48. The Bertz CT molecular complexity index is 1240. The maximum atomic E-state index is 12.1. The fourth-order valence-electron chi connectivity index (χ4n) is 3.33. The van der Waals surface area contributed by atoms with Gasteiger partial charge < -0.3 is 5.11 Å². The first kappa shape index (κ1) is 22.8. The molecule has 1 saturated carbocycles. The van der Waals surface area contributed by atoms with Gasteiger partial charge in [0.25, 0.3) is 5.91 Å². The fraction of sp³-hybridized carbons (Fsp3) is 0.455. The number of nitrogens with zero attached hydrogens (tertiary/aromatic N) is 2. The molecule has 0 saturated heterocycles. The van der Waals surface area contributed by atoms with Crippen LogP contribution >= 0.6 is 0 Å². The van der Waals surface area contributed by atoms with Gasteiger partial charge in [0, 0.05) is 42.0 Å². The quantitative estimate of drug-likeness (QED) is 0.349. The van der Waals surface area contributed by atoms with Crippen molar-refractivity contribution < 1.29 is 23.5 Å². The Morgan fingerprint density at radius 3 is 2.77 bits per heavy atom. The number of aliphatic hydroxyl groups is 1. The highest BCUT2D eigenvalue weighted by molar-refractivity contribution is 7.92. The van der Waals surface area contributed by atoms with Crippen LogP contribution in [0, 0.1) is 35.0 Å². The highest BCUT2D eigenvalue weighted by Crippen LogP contribution is 2.51. The normalized spacial score (nSPS) is 21.9. The van der Waals surface area contributed by atoms with E-state index in [0.29, 0.717) is 5.52 Å². The molecule has 31 heavy (non-hydrogen) atoms. The zero-order valence-electron chi connectivity index (χ0n) is 17.6. The molecule has 3 rings (SSSR count). The number of aliphatic hydroxyl groups excluding tert-OH is 1. The van der Waals surface area contributed by atoms with Crippen LogP contribution in [-0.4, -0.2) is 52.0 Å². The number of fused-ring (bicyclic) bond motifs is 1. The van der Waals surface area contributed by atoms with Crippen molar-refractivity contribution in [3.8, 4) is 23.7 Å². The van der Waals surface area contributed by atoms with Crippen LogP contribution in [0.4, 0.5) is 0 Å². The molecule has 0 radical (unpaired) electrons. The van der Waals surface area contributed by atoms with E-state index in [9.17, 15) is 13.2 Å². The Kier molecular flexibility index (Phi) is 6.15. The van der Waals surface area contributed by atoms with Crippen molar-refractivity contribution in [3.63, 3.8) is 0 Å². The molecule has 9 heteroatoms. The molecule has 0 aliphatic heterocycles. The zero-order valence-corrected chi connectivity index (χ0v) is 18.5. The summed E-state index contributed by atoms with van der Waals surface area (Å²) in [5, 5.41) is 23.3. The summed E-state index contributed by atoms with van der Waals surface area (Å²) in [6.45, 7) is 3.61. The third-order valence-corrected chi connectivity index (χ3v) is 8.05. The van der Waals surface area contributed by atoms with Crippen LogP contribution in [0.25, 0.3) is 10.9 Å². The first-order chi connectivity index (χ1) is 14.5. The van der Waals surface area contributed by atoms with Crippen molar-refractivity contribution in [3.05, 3.63) is 30.0 Å². The maximum Gasteiger partial charge on any atom is 0.264 e. The largest absolute Gasteiger partial charge is 0.396 e. The molecule has 1 aliphatic carbocycles. The van der Waals surface area contributed by atoms with Crippen LogP contribution in [-0.2, 0) is 21.2 Å². The number of hydrogen-bond acceptors (Lipinski definition) is 6. The lowest BCUT2D eigenvalue weighted by Crippen LogP contribution is -2.49. The molecule has 3 atom stereocenters. The molecule has 1 aliphatic rings. The predicted octanol–water partition coefficient (Wildman–Crippen LogP) is 1.11. The zero-order chi connectivity index (χ0) is 22.9. The molecular formula is C22H25N3O5S. The van der Waals surface area contributed by atoms with Crippen molar-refractivity contribution >= 4 is 26.6 Å². The number of carbonyl (C=O) groups is 1. The van der Waals surface area contributed by atoms with E-state index >= 15 is 0 Å². The minimum atomic E-state index is -3.77. The van der Waals surface area contributed by atoms with Crippen LogP contribution in [0.5, 0.6) is 0 Å². The molecular weight excluding hydrogens is 418 g/mol. The number of hydrogen-bond donors (Lipinski definition) is 3. The first-order valence-electron chi connectivity index (χ1n) is 9.78. The Labute approximate surface area is 181 Å². The van der Waals surface area contributed by atoms with Crippen molar-refractivity contribution in [2.45, 2.75) is 38.0 Å². The molecule has 1 amide bonds. The smallest absolute Gasteiger partial charge is 0.264 e. The number of aromatic nitrogens is 2. The lowest BCUT2D eigenvalue weighted by molar-refractivity contribution is -0.131. The molecule has 8 nitrogen and oxygen atoms in total. The number of rotatable bonds is 6. The van der Waals surface area contributed by atoms with Gasteiger partial charge in [-0.3, -0.25) is 14.7 Å². The summed E-state index contributed by atoms with van der Waals surface area (Å²) in [5.41, 5.74) is 2.78. The summed E-state index contributed by atoms with van der Waals surface area (Å²) in [7, 11) is -3.77. The first-order valence-corrected chi connectivity index (χ1v) is 11.7. The molecule has 1 aromatic carbocycles. The Morgan fingerprint density at radius 2 is 2.16 bits per heavy atom. The fourth-order valence-corrected chi connectivity index (χ4v) is 4.18. The predicted molar refractivity (Wildman–Crippen MR) is 115 cm³/mol. The van der Waals surface area contributed by atoms with Gasteiger partial charge in [-0.25, -0.2) is 13.9 Å². The second-order valence-corrected chi connectivity index (χ2v) is 10.8. The average molecular weight is 444 g/mol. The molecule has 0 spiro atoms. The Balaban J connectivity index is 1.74. The van der Waals surface area contributed by atoms with E-state index < -0.39 is 20.5 Å². The van der Waals surface area contributed by atoms with Gasteiger partial charge in [-0.2, -0.15) is 5.10 Å². The number of benzene rings is 1.